The molecular weight excluding hydrogens is 448 g/mol. The van der Waals surface area contributed by atoms with Crippen LogP contribution in [0.1, 0.15) is 50.7 Å². The van der Waals surface area contributed by atoms with Gasteiger partial charge < -0.3 is 5.11 Å². The summed E-state index contributed by atoms with van der Waals surface area (Å²) in [5.74, 6) is 0.378. The molecule has 5 N–H and O–H groups in total. The van der Waals surface area contributed by atoms with Crippen molar-refractivity contribution in [2.75, 3.05) is 0 Å². The Morgan fingerprint density at radius 1 is 0.677 bits per heavy atom. The quantitative estimate of drug-likeness (QED) is 0.361. The molecule has 31 heavy (non-hydrogen) atoms. The van der Waals surface area contributed by atoms with Gasteiger partial charge in [-0.15, -0.1) is 0 Å². The number of phenols is 1. The van der Waals surface area contributed by atoms with E-state index in [0.717, 1.165) is 18.4 Å². The zero-order chi connectivity index (χ0) is 24.1. The van der Waals surface area contributed by atoms with Gasteiger partial charge in [-0.05, 0) is 48.4 Å². The van der Waals surface area contributed by atoms with E-state index in [1.807, 2.05) is 18.2 Å². The second kappa shape index (κ2) is 14.1. The van der Waals surface area contributed by atoms with Crippen molar-refractivity contribution in [3.8, 4) is 16.9 Å². The Morgan fingerprint density at radius 3 is 1.61 bits per heavy atom. The van der Waals surface area contributed by atoms with E-state index in [9.17, 15) is 5.11 Å². The van der Waals surface area contributed by atoms with Crippen LogP contribution in [-0.2, 0) is 33.6 Å². The van der Waals surface area contributed by atoms with Gasteiger partial charge in [-0.25, -0.2) is 0 Å². The van der Waals surface area contributed by atoms with Gasteiger partial charge in [0.25, 0.3) is 0 Å². The topological polar surface area (TPSA) is 169 Å². The molecule has 0 heterocycles. The lowest BCUT2D eigenvalue weighted by molar-refractivity contribution is 0.378. The third kappa shape index (κ3) is 15.4. The molecule has 0 aliphatic rings. The summed E-state index contributed by atoms with van der Waals surface area (Å²) >= 11 is 0. The summed E-state index contributed by atoms with van der Waals surface area (Å²) in [6, 6.07) is 14.2. The molecule has 0 saturated carbocycles. The first kappa shape index (κ1) is 29.0. The van der Waals surface area contributed by atoms with Crippen LogP contribution in [0.15, 0.2) is 42.5 Å². The van der Waals surface area contributed by atoms with Gasteiger partial charge in [0.05, 0.1) is 0 Å². The van der Waals surface area contributed by atoms with E-state index in [0.29, 0.717) is 5.75 Å². The minimum absolute atomic E-state index is 0.378. The van der Waals surface area contributed by atoms with Crippen molar-refractivity contribution in [3.63, 3.8) is 0 Å². The Kier molecular flexibility index (Phi) is 13.2. The van der Waals surface area contributed by atoms with Gasteiger partial charge in [0.2, 0.25) is 0 Å². The highest BCUT2D eigenvalue weighted by Gasteiger charge is 2.12. The van der Waals surface area contributed by atoms with E-state index in [4.69, 9.17) is 35.0 Å². The molecule has 0 bridgehead atoms. The summed E-state index contributed by atoms with van der Waals surface area (Å²) in [7, 11) is -9.33. The second-order valence-electron chi connectivity index (χ2n) is 6.56. The van der Waals surface area contributed by atoms with Crippen LogP contribution in [0.2, 0.25) is 0 Å². The number of para-hydroxylation sites is 1. The van der Waals surface area contributed by atoms with Gasteiger partial charge in [0, 0.05) is 5.56 Å². The molecule has 0 aromatic heterocycles. The Labute approximate surface area is 183 Å². The SMILES string of the molecule is CCCCc1cccc(-c2ccccc2O)c1CCCC.O=S(=O)(O)O.O=S(=O)(O)O. The lowest BCUT2D eigenvalue weighted by Gasteiger charge is -2.16. The molecule has 0 unspecified atom stereocenters. The van der Waals surface area contributed by atoms with Gasteiger partial charge in [0.15, 0.2) is 0 Å². The van der Waals surface area contributed by atoms with Crippen LogP contribution in [0.3, 0.4) is 0 Å². The zero-order valence-electron chi connectivity index (χ0n) is 17.5. The Hall–Kier alpha value is -2.02. The van der Waals surface area contributed by atoms with Crippen LogP contribution >= 0.6 is 0 Å². The van der Waals surface area contributed by atoms with Crippen LogP contribution in [0, 0.1) is 0 Å². The number of hydrogen-bond acceptors (Lipinski definition) is 5. The lowest BCUT2D eigenvalue weighted by Crippen LogP contribution is -1.98. The number of benzene rings is 2. The van der Waals surface area contributed by atoms with Crippen molar-refractivity contribution in [2.45, 2.75) is 52.4 Å². The van der Waals surface area contributed by atoms with Crippen molar-refractivity contribution < 1.29 is 40.2 Å². The molecule has 0 aliphatic carbocycles. The monoisotopic (exact) mass is 478 g/mol. The number of rotatable bonds is 7. The summed E-state index contributed by atoms with van der Waals surface area (Å²) in [5.41, 5.74) is 5.04. The molecule has 0 fully saturated rings. The largest absolute Gasteiger partial charge is 0.507 e. The molecule has 0 amide bonds. The average Bonchev–Trinajstić information content (AvgIpc) is 2.62. The van der Waals surface area contributed by atoms with E-state index in [1.165, 1.54) is 42.4 Å². The van der Waals surface area contributed by atoms with Gasteiger partial charge >= 0.3 is 20.8 Å². The van der Waals surface area contributed by atoms with Crippen molar-refractivity contribution in [2.24, 2.45) is 0 Å². The summed E-state index contributed by atoms with van der Waals surface area (Å²) in [6.45, 7) is 4.47. The molecule has 0 aliphatic heterocycles. The number of phenolic OH excluding ortho intramolecular Hbond substituents is 1. The second-order valence-corrected chi connectivity index (χ2v) is 8.35. The van der Waals surface area contributed by atoms with Gasteiger partial charge in [-0.1, -0.05) is 63.1 Å². The predicted molar refractivity (Wildman–Crippen MR) is 119 cm³/mol. The minimum Gasteiger partial charge on any atom is -0.507 e. The molecule has 0 spiro atoms. The summed E-state index contributed by atoms with van der Waals surface area (Å²) in [4.78, 5) is 0. The van der Waals surface area contributed by atoms with Crippen molar-refractivity contribution in [1.82, 2.24) is 0 Å². The fraction of sp³-hybridized carbons (Fsp3) is 0.400. The molecule has 176 valence electrons. The number of aromatic hydroxyl groups is 1. The van der Waals surface area contributed by atoms with E-state index >= 15 is 0 Å². The molecular formula is C20H30O9S2. The van der Waals surface area contributed by atoms with Crippen LogP contribution in [0.25, 0.3) is 11.1 Å². The minimum atomic E-state index is -4.67. The molecule has 2 aromatic carbocycles. The fourth-order valence-corrected chi connectivity index (χ4v) is 2.84. The van der Waals surface area contributed by atoms with E-state index < -0.39 is 20.8 Å². The standard InChI is InChI=1S/C20H26O.2H2O4S/c1-3-5-10-16-11-9-14-18(17(16)12-6-4-2)19-13-7-8-15-20(19)21;2*1-5(2,3)4/h7-9,11,13-15,21H,3-6,10,12H2,1-2H3;2*(H2,1,2,3,4). The number of unbranched alkanes of at least 4 members (excludes halogenated alkanes) is 2. The first-order chi connectivity index (χ1) is 14.3. The van der Waals surface area contributed by atoms with Crippen molar-refractivity contribution >= 4 is 20.8 Å². The Morgan fingerprint density at radius 2 is 1.13 bits per heavy atom. The van der Waals surface area contributed by atoms with E-state index in [-0.39, 0.29) is 0 Å². The van der Waals surface area contributed by atoms with Crippen LogP contribution in [0.4, 0.5) is 0 Å². The first-order valence-electron chi connectivity index (χ1n) is 9.56. The van der Waals surface area contributed by atoms with Crippen molar-refractivity contribution in [1.29, 1.82) is 0 Å². The molecule has 2 rings (SSSR count). The highest BCUT2D eigenvalue weighted by molar-refractivity contribution is 7.80. The highest BCUT2D eigenvalue weighted by Crippen LogP contribution is 2.34. The first-order valence-corrected chi connectivity index (χ1v) is 12.4. The van der Waals surface area contributed by atoms with Gasteiger partial charge in [-0.2, -0.15) is 16.8 Å². The Bertz CT molecular complexity index is 955. The third-order valence-electron chi connectivity index (χ3n) is 4.05. The van der Waals surface area contributed by atoms with Crippen LogP contribution < -0.4 is 0 Å². The van der Waals surface area contributed by atoms with Gasteiger partial charge in [-0.3, -0.25) is 18.2 Å². The molecule has 2 aromatic rings. The maximum atomic E-state index is 10.2. The molecule has 11 heteroatoms. The summed E-state index contributed by atoms with van der Waals surface area (Å²) in [5, 5.41) is 10.2. The average molecular weight is 479 g/mol. The number of aryl methyl sites for hydroxylation is 1. The maximum absolute atomic E-state index is 10.2. The molecule has 0 saturated heterocycles. The molecule has 0 radical (unpaired) electrons. The number of hydrogen-bond donors (Lipinski definition) is 5. The maximum Gasteiger partial charge on any atom is 0.394 e. The Balaban J connectivity index is 0.000000752. The highest BCUT2D eigenvalue weighted by atomic mass is 32.3. The van der Waals surface area contributed by atoms with Crippen LogP contribution in [0.5, 0.6) is 5.75 Å². The lowest BCUT2D eigenvalue weighted by atomic mass is 9.89. The normalized spacial score (nSPS) is 11.0. The van der Waals surface area contributed by atoms with E-state index in [2.05, 4.69) is 32.0 Å². The summed E-state index contributed by atoms with van der Waals surface area (Å²) < 4.78 is 63.2. The molecule has 9 nitrogen and oxygen atoms in total. The summed E-state index contributed by atoms with van der Waals surface area (Å²) in [6.07, 6.45) is 7.07. The predicted octanol–water partition coefficient (Wildman–Crippen LogP) is 4.44. The van der Waals surface area contributed by atoms with Crippen molar-refractivity contribution in [3.05, 3.63) is 53.6 Å². The smallest absolute Gasteiger partial charge is 0.394 e. The molecule has 0 atom stereocenters. The zero-order valence-corrected chi connectivity index (χ0v) is 19.1. The van der Waals surface area contributed by atoms with Gasteiger partial charge in [0.1, 0.15) is 5.75 Å². The fourth-order valence-electron chi connectivity index (χ4n) is 2.84. The third-order valence-corrected chi connectivity index (χ3v) is 4.05. The van der Waals surface area contributed by atoms with E-state index in [1.54, 1.807) is 6.07 Å². The van der Waals surface area contributed by atoms with Crippen LogP contribution in [-0.4, -0.2) is 40.2 Å².